The van der Waals surface area contributed by atoms with E-state index < -0.39 is 27.5 Å². The Morgan fingerprint density at radius 2 is 1.53 bits per heavy atom. The Kier molecular flexibility index (Phi) is 7.14. The summed E-state index contributed by atoms with van der Waals surface area (Å²) >= 11 is 5.76. The first kappa shape index (κ1) is 24.1. The molecular formula is C21H20ClF3N2O4S. The minimum Gasteiger partial charge on any atom is -0.339 e. The largest absolute Gasteiger partial charge is 0.416 e. The van der Waals surface area contributed by atoms with E-state index in [-0.39, 0.29) is 54.7 Å². The SMILES string of the molecule is O=C(CCS(=O)(=O)c1ccc(Cl)cc1)N1CCN(C(=O)c2cccc(C(F)(F)F)c2)CC1. The molecule has 0 bridgehead atoms. The summed E-state index contributed by atoms with van der Waals surface area (Å²) in [6.45, 7) is 0.630. The van der Waals surface area contributed by atoms with E-state index >= 15 is 0 Å². The zero-order chi connectivity index (χ0) is 23.5. The summed E-state index contributed by atoms with van der Waals surface area (Å²) in [5, 5.41) is 0.401. The van der Waals surface area contributed by atoms with Crippen molar-refractivity contribution in [3.63, 3.8) is 0 Å². The average molecular weight is 489 g/mol. The van der Waals surface area contributed by atoms with Crippen LogP contribution in [0.1, 0.15) is 22.3 Å². The van der Waals surface area contributed by atoms with Crippen LogP contribution in [-0.2, 0) is 20.8 Å². The predicted octanol–water partition coefficient (Wildman–Crippen LogP) is 3.51. The van der Waals surface area contributed by atoms with Crippen LogP contribution in [0.2, 0.25) is 5.02 Å². The van der Waals surface area contributed by atoms with E-state index in [1.54, 1.807) is 0 Å². The van der Waals surface area contributed by atoms with Gasteiger partial charge >= 0.3 is 6.18 Å². The first-order valence-corrected chi connectivity index (χ1v) is 11.7. The lowest BCUT2D eigenvalue weighted by molar-refractivity contribution is -0.137. The molecule has 1 heterocycles. The number of carbonyl (C=O) groups is 2. The summed E-state index contributed by atoms with van der Waals surface area (Å²) < 4.78 is 63.4. The third-order valence-electron chi connectivity index (χ3n) is 5.11. The number of hydrogen-bond acceptors (Lipinski definition) is 4. The minimum atomic E-state index is -4.55. The van der Waals surface area contributed by atoms with E-state index in [0.29, 0.717) is 5.02 Å². The van der Waals surface area contributed by atoms with Gasteiger partial charge in [-0.3, -0.25) is 9.59 Å². The number of sulfone groups is 1. The van der Waals surface area contributed by atoms with Gasteiger partial charge in [0.15, 0.2) is 9.84 Å². The van der Waals surface area contributed by atoms with Crippen LogP contribution in [0.5, 0.6) is 0 Å². The standard InChI is InChI=1S/C21H20ClF3N2O4S/c22-17-4-6-18(7-5-17)32(30,31)13-8-19(28)26-9-11-27(12-10-26)20(29)15-2-1-3-16(14-15)21(23,24)25/h1-7,14H,8-13H2. The Bertz CT molecular complexity index is 1100. The number of halogens is 4. The summed E-state index contributed by atoms with van der Waals surface area (Å²) in [6.07, 6.45) is -4.76. The maximum atomic E-state index is 12.9. The lowest BCUT2D eigenvalue weighted by atomic mass is 10.1. The molecule has 1 fully saturated rings. The van der Waals surface area contributed by atoms with Gasteiger partial charge in [0.05, 0.1) is 16.2 Å². The van der Waals surface area contributed by atoms with Gasteiger partial charge in [-0.05, 0) is 42.5 Å². The molecule has 0 unspecified atom stereocenters. The summed E-state index contributed by atoms with van der Waals surface area (Å²) in [6, 6.07) is 9.86. The Morgan fingerprint density at radius 3 is 2.12 bits per heavy atom. The lowest BCUT2D eigenvalue weighted by Crippen LogP contribution is -2.50. The van der Waals surface area contributed by atoms with Gasteiger partial charge in [-0.15, -0.1) is 0 Å². The third-order valence-corrected chi connectivity index (χ3v) is 7.10. The van der Waals surface area contributed by atoms with Crippen molar-refractivity contribution < 1.29 is 31.2 Å². The molecule has 0 saturated carbocycles. The molecule has 1 aliphatic heterocycles. The van der Waals surface area contributed by atoms with Crippen molar-refractivity contribution >= 4 is 33.3 Å². The van der Waals surface area contributed by atoms with Crippen LogP contribution in [0.15, 0.2) is 53.4 Å². The van der Waals surface area contributed by atoms with Crippen molar-refractivity contribution in [3.8, 4) is 0 Å². The zero-order valence-corrected chi connectivity index (χ0v) is 18.4. The molecule has 0 spiro atoms. The number of benzene rings is 2. The summed E-state index contributed by atoms with van der Waals surface area (Å²) in [5.41, 5.74) is -0.979. The van der Waals surface area contributed by atoms with Crippen LogP contribution in [0.3, 0.4) is 0 Å². The predicted molar refractivity (Wildman–Crippen MR) is 112 cm³/mol. The molecule has 0 N–H and O–H groups in total. The summed E-state index contributed by atoms with van der Waals surface area (Å²) in [7, 11) is -3.65. The summed E-state index contributed by atoms with van der Waals surface area (Å²) in [5.74, 6) is -1.28. The molecule has 11 heteroatoms. The number of carbonyl (C=O) groups excluding carboxylic acids is 2. The molecule has 32 heavy (non-hydrogen) atoms. The summed E-state index contributed by atoms with van der Waals surface area (Å²) in [4.78, 5) is 27.9. The van der Waals surface area contributed by atoms with E-state index in [1.165, 1.54) is 46.2 Å². The van der Waals surface area contributed by atoms with Crippen LogP contribution >= 0.6 is 11.6 Å². The molecule has 0 aliphatic carbocycles. The molecule has 0 radical (unpaired) electrons. The molecule has 1 aliphatic rings. The number of hydrogen-bond donors (Lipinski definition) is 0. The topological polar surface area (TPSA) is 74.8 Å². The van der Waals surface area contributed by atoms with Crippen LogP contribution in [0.25, 0.3) is 0 Å². The first-order chi connectivity index (χ1) is 15.0. The van der Waals surface area contributed by atoms with Gasteiger partial charge in [0.2, 0.25) is 5.91 Å². The maximum absolute atomic E-state index is 12.9. The normalized spacial score (nSPS) is 15.0. The monoisotopic (exact) mass is 488 g/mol. The quantitative estimate of drug-likeness (QED) is 0.645. The molecule has 2 amide bonds. The second-order valence-electron chi connectivity index (χ2n) is 7.27. The van der Waals surface area contributed by atoms with Gasteiger partial charge < -0.3 is 9.80 Å². The molecule has 2 aromatic rings. The molecule has 6 nitrogen and oxygen atoms in total. The van der Waals surface area contributed by atoms with Crippen molar-refractivity contribution in [2.24, 2.45) is 0 Å². The molecular weight excluding hydrogens is 469 g/mol. The highest BCUT2D eigenvalue weighted by Crippen LogP contribution is 2.29. The van der Waals surface area contributed by atoms with Gasteiger partial charge in [-0.25, -0.2) is 8.42 Å². The second kappa shape index (κ2) is 9.50. The van der Waals surface area contributed by atoms with Crippen LogP contribution in [0.4, 0.5) is 13.2 Å². The number of rotatable bonds is 5. The average Bonchev–Trinajstić information content (AvgIpc) is 2.77. The Labute approximate surface area is 188 Å². The number of alkyl halides is 3. The maximum Gasteiger partial charge on any atom is 0.416 e. The smallest absolute Gasteiger partial charge is 0.339 e. The van der Waals surface area contributed by atoms with E-state index in [0.717, 1.165) is 12.1 Å². The zero-order valence-electron chi connectivity index (χ0n) is 16.8. The third kappa shape index (κ3) is 5.80. The number of nitrogens with zero attached hydrogens (tertiary/aromatic N) is 2. The van der Waals surface area contributed by atoms with E-state index in [4.69, 9.17) is 11.6 Å². The van der Waals surface area contributed by atoms with Gasteiger partial charge in [0.25, 0.3) is 5.91 Å². The second-order valence-corrected chi connectivity index (χ2v) is 9.82. The first-order valence-electron chi connectivity index (χ1n) is 9.70. The fraction of sp³-hybridized carbons (Fsp3) is 0.333. The van der Waals surface area contributed by atoms with Crippen LogP contribution < -0.4 is 0 Å². The van der Waals surface area contributed by atoms with Crippen molar-refractivity contribution in [2.75, 3.05) is 31.9 Å². The minimum absolute atomic E-state index is 0.0752. The molecule has 0 atom stereocenters. The van der Waals surface area contributed by atoms with Gasteiger partial charge in [-0.1, -0.05) is 17.7 Å². The van der Waals surface area contributed by atoms with Crippen molar-refractivity contribution in [1.29, 1.82) is 0 Å². The van der Waals surface area contributed by atoms with E-state index in [9.17, 15) is 31.2 Å². The van der Waals surface area contributed by atoms with Crippen molar-refractivity contribution in [1.82, 2.24) is 9.80 Å². The van der Waals surface area contributed by atoms with E-state index in [2.05, 4.69) is 0 Å². The molecule has 1 saturated heterocycles. The molecule has 2 aromatic carbocycles. The Morgan fingerprint density at radius 1 is 0.938 bits per heavy atom. The van der Waals surface area contributed by atoms with Crippen molar-refractivity contribution in [3.05, 3.63) is 64.7 Å². The highest BCUT2D eigenvalue weighted by molar-refractivity contribution is 7.91. The van der Waals surface area contributed by atoms with Gasteiger partial charge in [-0.2, -0.15) is 13.2 Å². The highest BCUT2D eigenvalue weighted by atomic mass is 35.5. The fourth-order valence-corrected chi connectivity index (χ4v) is 4.67. The fourth-order valence-electron chi connectivity index (χ4n) is 3.31. The van der Waals surface area contributed by atoms with Gasteiger partial charge in [0.1, 0.15) is 0 Å². The van der Waals surface area contributed by atoms with Crippen LogP contribution in [0, 0.1) is 0 Å². The number of amides is 2. The Hall–Kier alpha value is -2.59. The molecule has 0 aromatic heterocycles. The van der Waals surface area contributed by atoms with Crippen LogP contribution in [-0.4, -0.2) is 62.0 Å². The van der Waals surface area contributed by atoms with Gasteiger partial charge in [0, 0.05) is 43.2 Å². The number of piperazine rings is 1. The Balaban J connectivity index is 1.54. The molecule has 172 valence electrons. The highest BCUT2D eigenvalue weighted by Gasteiger charge is 2.32. The lowest BCUT2D eigenvalue weighted by Gasteiger charge is -2.35. The molecule has 3 rings (SSSR count). The van der Waals surface area contributed by atoms with E-state index in [1.807, 2.05) is 0 Å². The van der Waals surface area contributed by atoms with Crippen molar-refractivity contribution in [2.45, 2.75) is 17.5 Å².